The predicted molar refractivity (Wildman–Crippen MR) is 60.6 cm³/mol. The van der Waals surface area contributed by atoms with Crippen molar-refractivity contribution in [3.63, 3.8) is 0 Å². The topological polar surface area (TPSA) is 75.9 Å². The lowest BCUT2D eigenvalue weighted by molar-refractivity contribution is -0.124. The molecule has 0 aliphatic rings. The molecule has 0 atom stereocenters. The molecule has 6 nitrogen and oxygen atoms in total. The Labute approximate surface area is 97.8 Å². The van der Waals surface area contributed by atoms with Gasteiger partial charge in [-0.05, 0) is 12.1 Å². The van der Waals surface area contributed by atoms with Crippen LogP contribution in [0.3, 0.4) is 0 Å². The number of nitrogens with zero attached hydrogens (tertiary/aromatic N) is 2. The number of ether oxygens (including phenoxy) is 1. The van der Waals surface area contributed by atoms with Crippen LogP contribution >= 0.6 is 0 Å². The number of carbonyl (C=O) groups excluding carboxylic acids is 1. The molecule has 2 aromatic heterocycles. The Balaban J connectivity index is 2.10. The van der Waals surface area contributed by atoms with Gasteiger partial charge in [-0.25, -0.2) is 4.98 Å². The summed E-state index contributed by atoms with van der Waals surface area (Å²) in [6.07, 6.45) is 3.53. The van der Waals surface area contributed by atoms with Crippen molar-refractivity contribution in [2.24, 2.45) is 0 Å². The fraction of sp³-hybridized carbons (Fsp3) is 0.273. The summed E-state index contributed by atoms with van der Waals surface area (Å²) < 4.78 is 6.39. The number of hydrogen-bond acceptors (Lipinski definition) is 4. The average Bonchev–Trinajstić information content (AvgIpc) is 2.71. The van der Waals surface area contributed by atoms with Crippen molar-refractivity contribution in [2.45, 2.75) is 6.54 Å². The predicted octanol–water partition coefficient (Wildman–Crippen LogP) is 0.302. The number of methoxy groups -OCH3 is 1. The fourth-order valence-electron chi connectivity index (χ4n) is 1.51. The van der Waals surface area contributed by atoms with E-state index in [0.29, 0.717) is 17.9 Å². The number of imidazole rings is 1. The van der Waals surface area contributed by atoms with Crippen LogP contribution in [-0.2, 0) is 16.1 Å². The molecule has 0 fully saturated rings. The van der Waals surface area contributed by atoms with Crippen molar-refractivity contribution in [3.05, 3.63) is 30.2 Å². The molecule has 2 aromatic rings. The van der Waals surface area contributed by atoms with Gasteiger partial charge in [0, 0.05) is 19.5 Å². The number of fused-ring (bicyclic) bond motifs is 1. The van der Waals surface area contributed by atoms with Crippen molar-refractivity contribution in [1.29, 1.82) is 0 Å². The minimum absolute atomic E-state index is 0.0264. The van der Waals surface area contributed by atoms with Crippen LogP contribution < -0.4 is 5.32 Å². The summed E-state index contributed by atoms with van der Waals surface area (Å²) in [4.78, 5) is 15.4. The highest BCUT2D eigenvalue weighted by Gasteiger charge is 2.06. The Morgan fingerprint density at radius 3 is 3.18 bits per heavy atom. The SMILES string of the molecule is COCC(=O)NCc1cn2cccc(O)c2n1. The van der Waals surface area contributed by atoms with Crippen molar-refractivity contribution < 1.29 is 14.6 Å². The van der Waals surface area contributed by atoms with Gasteiger partial charge in [0.15, 0.2) is 11.4 Å². The molecule has 0 aromatic carbocycles. The lowest BCUT2D eigenvalue weighted by Crippen LogP contribution is -2.26. The van der Waals surface area contributed by atoms with Crippen LogP contribution in [0, 0.1) is 0 Å². The third kappa shape index (κ3) is 2.54. The zero-order chi connectivity index (χ0) is 12.3. The van der Waals surface area contributed by atoms with Gasteiger partial charge in [-0.15, -0.1) is 0 Å². The Morgan fingerprint density at radius 1 is 1.65 bits per heavy atom. The lowest BCUT2D eigenvalue weighted by atomic mass is 10.4. The van der Waals surface area contributed by atoms with E-state index in [1.165, 1.54) is 7.11 Å². The number of amides is 1. The number of rotatable bonds is 4. The molecule has 2 heterocycles. The second-order valence-electron chi connectivity index (χ2n) is 3.57. The number of aromatic nitrogens is 2. The van der Waals surface area contributed by atoms with Crippen molar-refractivity contribution >= 4 is 11.6 Å². The Bertz CT molecular complexity index is 536. The minimum atomic E-state index is -0.200. The Hall–Kier alpha value is -2.08. The summed E-state index contributed by atoms with van der Waals surface area (Å²) in [6, 6.07) is 3.28. The quantitative estimate of drug-likeness (QED) is 0.799. The van der Waals surface area contributed by atoms with Crippen LogP contribution in [0.2, 0.25) is 0 Å². The highest BCUT2D eigenvalue weighted by Crippen LogP contribution is 2.16. The molecule has 90 valence electrons. The maximum Gasteiger partial charge on any atom is 0.246 e. The van der Waals surface area contributed by atoms with Crippen molar-refractivity contribution in [3.8, 4) is 5.75 Å². The minimum Gasteiger partial charge on any atom is -0.504 e. The van der Waals surface area contributed by atoms with Gasteiger partial charge in [0.2, 0.25) is 5.91 Å². The van der Waals surface area contributed by atoms with E-state index in [4.69, 9.17) is 4.74 Å². The molecule has 2 rings (SSSR count). The average molecular weight is 235 g/mol. The molecule has 0 unspecified atom stereocenters. The molecule has 0 saturated heterocycles. The maximum atomic E-state index is 11.2. The van der Waals surface area contributed by atoms with E-state index < -0.39 is 0 Å². The second-order valence-corrected chi connectivity index (χ2v) is 3.57. The van der Waals surface area contributed by atoms with Gasteiger partial charge in [-0.2, -0.15) is 0 Å². The fourth-order valence-corrected chi connectivity index (χ4v) is 1.51. The van der Waals surface area contributed by atoms with Gasteiger partial charge in [0.25, 0.3) is 0 Å². The molecule has 1 amide bonds. The van der Waals surface area contributed by atoms with Crippen LogP contribution in [0.5, 0.6) is 5.75 Å². The molecular formula is C11H13N3O3. The molecule has 0 bridgehead atoms. The van der Waals surface area contributed by atoms with Gasteiger partial charge < -0.3 is 19.6 Å². The zero-order valence-corrected chi connectivity index (χ0v) is 9.38. The Morgan fingerprint density at radius 2 is 2.47 bits per heavy atom. The van der Waals surface area contributed by atoms with E-state index in [9.17, 15) is 9.90 Å². The highest BCUT2D eigenvalue weighted by atomic mass is 16.5. The van der Waals surface area contributed by atoms with E-state index in [1.54, 1.807) is 28.9 Å². The van der Waals surface area contributed by atoms with Crippen LogP contribution in [0.1, 0.15) is 5.69 Å². The number of carbonyl (C=O) groups is 1. The molecule has 0 aliphatic carbocycles. The molecule has 17 heavy (non-hydrogen) atoms. The van der Waals surface area contributed by atoms with Gasteiger partial charge in [-0.1, -0.05) is 0 Å². The molecule has 2 N–H and O–H groups in total. The molecule has 6 heteroatoms. The van der Waals surface area contributed by atoms with E-state index in [2.05, 4.69) is 10.3 Å². The molecule has 0 saturated carbocycles. The largest absolute Gasteiger partial charge is 0.504 e. The smallest absolute Gasteiger partial charge is 0.246 e. The molecule has 0 radical (unpaired) electrons. The standard InChI is InChI=1S/C11H13N3O3/c1-17-7-10(16)12-5-8-6-14-4-2-3-9(15)11(14)13-8/h2-4,6,15H,5,7H2,1H3,(H,12,16). The number of pyridine rings is 1. The first-order chi connectivity index (χ1) is 8.20. The van der Waals surface area contributed by atoms with Gasteiger partial charge in [0.05, 0.1) is 12.2 Å². The summed E-state index contributed by atoms with van der Waals surface area (Å²) in [6.45, 7) is 0.335. The zero-order valence-electron chi connectivity index (χ0n) is 9.38. The van der Waals surface area contributed by atoms with E-state index in [0.717, 1.165) is 0 Å². The highest BCUT2D eigenvalue weighted by molar-refractivity contribution is 5.77. The third-order valence-electron chi connectivity index (χ3n) is 2.25. The maximum absolute atomic E-state index is 11.2. The van der Waals surface area contributed by atoms with Crippen LogP contribution in [0.25, 0.3) is 5.65 Å². The lowest BCUT2D eigenvalue weighted by Gasteiger charge is -2.00. The molecular weight excluding hydrogens is 222 g/mol. The van der Waals surface area contributed by atoms with Gasteiger partial charge >= 0.3 is 0 Å². The summed E-state index contributed by atoms with van der Waals surface area (Å²) in [5.41, 5.74) is 1.15. The number of nitrogens with one attached hydrogen (secondary N) is 1. The molecule has 0 aliphatic heterocycles. The van der Waals surface area contributed by atoms with Crippen LogP contribution in [0.4, 0.5) is 0 Å². The van der Waals surface area contributed by atoms with Crippen LogP contribution in [-0.4, -0.2) is 34.1 Å². The van der Waals surface area contributed by atoms with Crippen molar-refractivity contribution in [2.75, 3.05) is 13.7 Å². The van der Waals surface area contributed by atoms with Gasteiger partial charge in [0.1, 0.15) is 6.61 Å². The van der Waals surface area contributed by atoms with Crippen molar-refractivity contribution in [1.82, 2.24) is 14.7 Å². The summed E-state index contributed by atoms with van der Waals surface area (Å²) in [5, 5.41) is 12.2. The summed E-state index contributed by atoms with van der Waals surface area (Å²) in [5.74, 6) is -0.0873. The summed E-state index contributed by atoms with van der Waals surface area (Å²) in [7, 11) is 1.46. The first-order valence-electron chi connectivity index (χ1n) is 5.12. The van der Waals surface area contributed by atoms with E-state index >= 15 is 0 Å². The first-order valence-corrected chi connectivity index (χ1v) is 5.12. The summed E-state index contributed by atoms with van der Waals surface area (Å²) >= 11 is 0. The van der Waals surface area contributed by atoms with Gasteiger partial charge in [-0.3, -0.25) is 4.79 Å². The van der Waals surface area contributed by atoms with E-state index in [1.807, 2.05) is 0 Å². The normalized spacial score (nSPS) is 10.6. The second kappa shape index (κ2) is 4.84. The van der Waals surface area contributed by atoms with E-state index in [-0.39, 0.29) is 18.3 Å². The number of aromatic hydroxyl groups is 1. The third-order valence-corrected chi connectivity index (χ3v) is 2.25. The van der Waals surface area contributed by atoms with Crippen LogP contribution in [0.15, 0.2) is 24.5 Å². The first kappa shape index (κ1) is 11.4. The number of hydrogen-bond donors (Lipinski definition) is 2. The Kier molecular flexibility index (Phi) is 3.24. The monoisotopic (exact) mass is 235 g/mol. The molecule has 0 spiro atoms.